The zero-order chi connectivity index (χ0) is 14.2. The Morgan fingerprint density at radius 3 is 1.83 bits per heavy atom. The van der Waals surface area contributed by atoms with E-state index in [2.05, 4.69) is 13.8 Å². The minimum Gasteiger partial charge on any atom is -0.481 e. The maximum atomic E-state index is 12.1. The molecule has 0 spiro atoms. The SMILES string of the molecule is CCCCN(CCCC)C(=O)CC(C)(C)C(=O)O. The smallest absolute Gasteiger partial charge is 0.309 e. The van der Waals surface area contributed by atoms with Crippen LogP contribution in [0.4, 0.5) is 0 Å². The molecule has 0 fully saturated rings. The van der Waals surface area contributed by atoms with Crippen molar-refractivity contribution in [3.05, 3.63) is 0 Å². The monoisotopic (exact) mass is 257 g/mol. The van der Waals surface area contributed by atoms with Crippen molar-refractivity contribution in [1.82, 2.24) is 4.90 Å². The Hall–Kier alpha value is -1.06. The van der Waals surface area contributed by atoms with Gasteiger partial charge in [-0.15, -0.1) is 0 Å². The molecule has 0 heterocycles. The molecule has 0 saturated carbocycles. The van der Waals surface area contributed by atoms with E-state index in [0.717, 1.165) is 38.8 Å². The molecule has 0 aromatic carbocycles. The molecule has 4 heteroatoms. The second kappa shape index (κ2) is 8.11. The van der Waals surface area contributed by atoms with E-state index in [9.17, 15) is 9.59 Å². The van der Waals surface area contributed by atoms with Gasteiger partial charge in [-0.1, -0.05) is 26.7 Å². The van der Waals surface area contributed by atoms with Crippen molar-refractivity contribution in [2.24, 2.45) is 5.41 Å². The molecule has 0 radical (unpaired) electrons. The maximum absolute atomic E-state index is 12.1. The molecule has 0 saturated heterocycles. The third kappa shape index (κ3) is 6.03. The number of amides is 1. The van der Waals surface area contributed by atoms with Gasteiger partial charge < -0.3 is 10.0 Å². The standard InChI is InChI=1S/C14H27NO3/c1-5-7-9-15(10-8-6-2)12(16)11-14(3,4)13(17)18/h5-11H2,1-4H3,(H,17,18). The van der Waals surface area contributed by atoms with Gasteiger partial charge in [-0.25, -0.2) is 0 Å². The molecule has 0 aromatic heterocycles. The van der Waals surface area contributed by atoms with Crippen LogP contribution in [0.1, 0.15) is 59.8 Å². The highest BCUT2D eigenvalue weighted by molar-refractivity contribution is 5.84. The highest BCUT2D eigenvalue weighted by Crippen LogP contribution is 2.22. The molecule has 4 nitrogen and oxygen atoms in total. The highest BCUT2D eigenvalue weighted by atomic mass is 16.4. The molecular formula is C14H27NO3. The van der Waals surface area contributed by atoms with Gasteiger partial charge in [-0.3, -0.25) is 9.59 Å². The molecule has 18 heavy (non-hydrogen) atoms. The van der Waals surface area contributed by atoms with Crippen LogP contribution >= 0.6 is 0 Å². The molecule has 0 bridgehead atoms. The molecule has 0 aliphatic carbocycles. The van der Waals surface area contributed by atoms with Gasteiger partial charge >= 0.3 is 5.97 Å². The van der Waals surface area contributed by atoms with E-state index in [-0.39, 0.29) is 12.3 Å². The minimum atomic E-state index is -0.978. The molecule has 0 aliphatic rings. The van der Waals surface area contributed by atoms with Crippen LogP contribution in [-0.4, -0.2) is 35.0 Å². The topological polar surface area (TPSA) is 57.6 Å². The number of carbonyl (C=O) groups excluding carboxylic acids is 1. The summed E-state index contributed by atoms with van der Waals surface area (Å²) in [5.41, 5.74) is -0.978. The van der Waals surface area contributed by atoms with Crippen molar-refractivity contribution in [2.45, 2.75) is 59.8 Å². The van der Waals surface area contributed by atoms with Gasteiger partial charge in [-0.2, -0.15) is 0 Å². The van der Waals surface area contributed by atoms with Crippen LogP contribution < -0.4 is 0 Å². The van der Waals surface area contributed by atoms with E-state index in [1.165, 1.54) is 0 Å². The van der Waals surface area contributed by atoms with E-state index in [0.29, 0.717) is 0 Å². The Morgan fingerprint density at radius 1 is 1.06 bits per heavy atom. The van der Waals surface area contributed by atoms with Crippen LogP contribution in [0.15, 0.2) is 0 Å². The van der Waals surface area contributed by atoms with Gasteiger partial charge in [-0.05, 0) is 26.7 Å². The summed E-state index contributed by atoms with van der Waals surface area (Å²) in [6.07, 6.45) is 4.11. The predicted molar refractivity (Wildman–Crippen MR) is 72.4 cm³/mol. The van der Waals surface area contributed by atoms with Crippen molar-refractivity contribution in [3.63, 3.8) is 0 Å². The van der Waals surface area contributed by atoms with Crippen molar-refractivity contribution in [1.29, 1.82) is 0 Å². The number of carbonyl (C=O) groups is 2. The number of carboxylic acids is 1. The van der Waals surface area contributed by atoms with E-state index >= 15 is 0 Å². The number of unbranched alkanes of at least 4 members (excludes halogenated alkanes) is 2. The van der Waals surface area contributed by atoms with Crippen LogP contribution in [0.25, 0.3) is 0 Å². The lowest BCUT2D eigenvalue weighted by molar-refractivity contribution is -0.151. The molecule has 106 valence electrons. The molecule has 0 atom stereocenters. The highest BCUT2D eigenvalue weighted by Gasteiger charge is 2.31. The number of carboxylic acid groups (broad SMARTS) is 1. The van der Waals surface area contributed by atoms with Gasteiger partial charge in [0.25, 0.3) is 0 Å². The van der Waals surface area contributed by atoms with Gasteiger partial charge in [0, 0.05) is 19.5 Å². The van der Waals surface area contributed by atoms with Gasteiger partial charge in [0.05, 0.1) is 5.41 Å². The molecular weight excluding hydrogens is 230 g/mol. The summed E-state index contributed by atoms with van der Waals surface area (Å²) in [7, 11) is 0. The molecule has 0 aliphatic heterocycles. The van der Waals surface area contributed by atoms with Crippen molar-refractivity contribution < 1.29 is 14.7 Å². The van der Waals surface area contributed by atoms with Gasteiger partial charge in [0.2, 0.25) is 5.91 Å². The van der Waals surface area contributed by atoms with Gasteiger partial charge in [0.1, 0.15) is 0 Å². The summed E-state index contributed by atoms with van der Waals surface area (Å²) in [5.74, 6) is -0.953. The Bertz CT molecular complexity index is 266. The second-order valence-corrected chi connectivity index (χ2v) is 5.45. The van der Waals surface area contributed by atoms with Crippen LogP contribution in [-0.2, 0) is 9.59 Å². The third-order valence-electron chi connectivity index (χ3n) is 3.09. The lowest BCUT2D eigenvalue weighted by Crippen LogP contribution is -2.38. The van der Waals surface area contributed by atoms with Crippen LogP contribution in [0.3, 0.4) is 0 Å². The zero-order valence-corrected chi connectivity index (χ0v) is 12.2. The first-order valence-corrected chi connectivity index (χ1v) is 6.86. The normalized spacial score (nSPS) is 11.3. The summed E-state index contributed by atoms with van der Waals surface area (Å²) in [5, 5.41) is 9.05. The van der Waals surface area contributed by atoms with E-state index < -0.39 is 11.4 Å². The fourth-order valence-electron chi connectivity index (χ4n) is 1.62. The van der Waals surface area contributed by atoms with Crippen LogP contribution in [0.5, 0.6) is 0 Å². The quantitative estimate of drug-likeness (QED) is 0.691. The Morgan fingerprint density at radius 2 is 1.50 bits per heavy atom. The van der Waals surface area contributed by atoms with E-state index in [4.69, 9.17) is 5.11 Å². The first kappa shape index (κ1) is 16.9. The first-order chi connectivity index (χ1) is 8.35. The predicted octanol–water partition coefficient (Wildman–Crippen LogP) is 2.92. The van der Waals surface area contributed by atoms with Crippen molar-refractivity contribution >= 4 is 11.9 Å². The number of hydrogen-bond donors (Lipinski definition) is 1. The summed E-state index contributed by atoms with van der Waals surface area (Å²) >= 11 is 0. The molecule has 1 N–H and O–H groups in total. The number of nitrogens with zero attached hydrogens (tertiary/aromatic N) is 1. The zero-order valence-electron chi connectivity index (χ0n) is 12.2. The van der Waals surface area contributed by atoms with Crippen molar-refractivity contribution in [3.8, 4) is 0 Å². The Balaban J connectivity index is 4.49. The van der Waals surface area contributed by atoms with Crippen LogP contribution in [0.2, 0.25) is 0 Å². The summed E-state index contributed by atoms with van der Waals surface area (Å²) < 4.78 is 0. The van der Waals surface area contributed by atoms with Crippen LogP contribution in [0, 0.1) is 5.41 Å². The fraction of sp³-hybridized carbons (Fsp3) is 0.857. The number of hydrogen-bond acceptors (Lipinski definition) is 2. The summed E-state index contributed by atoms with van der Waals surface area (Å²) in [6.45, 7) is 8.86. The fourth-order valence-corrected chi connectivity index (χ4v) is 1.62. The largest absolute Gasteiger partial charge is 0.481 e. The van der Waals surface area contributed by atoms with E-state index in [1.807, 2.05) is 4.90 Å². The summed E-state index contributed by atoms with van der Waals surface area (Å²) in [4.78, 5) is 25.0. The Kier molecular flexibility index (Phi) is 7.64. The lowest BCUT2D eigenvalue weighted by Gasteiger charge is -2.26. The number of aliphatic carboxylic acids is 1. The third-order valence-corrected chi connectivity index (χ3v) is 3.09. The van der Waals surface area contributed by atoms with E-state index in [1.54, 1.807) is 13.8 Å². The Labute approximate surface area is 110 Å². The molecule has 0 rings (SSSR count). The van der Waals surface area contributed by atoms with Crippen molar-refractivity contribution in [2.75, 3.05) is 13.1 Å². The molecule has 1 amide bonds. The lowest BCUT2D eigenvalue weighted by atomic mass is 9.89. The number of rotatable bonds is 9. The molecule has 0 unspecified atom stereocenters. The summed E-state index contributed by atoms with van der Waals surface area (Å²) in [6, 6.07) is 0. The average Bonchev–Trinajstić information content (AvgIpc) is 2.28. The minimum absolute atomic E-state index is 0.0377. The maximum Gasteiger partial charge on any atom is 0.309 e. The second-order valence-electron chi connectivity index (χ2n) is 5.45. The average molecular weight is 257 g/mol. The first-order valence-electron chi connectivity index (χ1n) is 6.86. The van der Waals surface area contributed by atoms with Gasteiger partial charge in [0.15, 0.2) is 0 Å². The molecule has 0 aromatic rings.